The minimum absolute atomic E-state index is 0.103. The van der Waals surface area contributed by atoms with Gasteiger partial charge in [-0.15, -0.1) is 11.3 Å². The number of nitrogens with zero attached hydrogens (tertiary/aromatic N) is 2. The molecule has 1 N–H and O–H groups in total. The van der Waals surface area contributed by atoms with Gasteiger partial charge in [0.2, 0.25) is 0 Å². The zero-order valence-electron chi connectivity index (χ0n) is 14.2. The van der Waals surface area contributed by atoms with Crippen molar-refractivity contribution in [3.63, 3.8) is 0 Å². The van der Waals surface area contributed by atoms with Crippen LogP contribution in [0.25, 0.3) is 0 Å². The number of methoxy groups -OCH3 is 2. The molecule has 8 heteroatoms. The summed E-state index contributed by atoms with van der Waals surface area (Å²) in [5.74, 6) is -0.465. The first-order valence-corrected chi connectivity index (χ1v) is 9.09. The minimum atomic E-state index is -0.465. The highest BCUT2D eigenvalue weighted by Gasteiger charge is 2.21. The Balaban J connectivity index is 1.97. The number of thiazole rings is 1. The molecule has 0 radical (unpaired) electrons. The van der Waals surface area contributed by atoms with Crippen molar-refractivity contribution >= 4 is 23.3 Å². The Morgan fingerprint density at radius 3 is 2.75 bits per heavy atom. The zero-order chi connectivity index (χ0) is 17.4. The second kappa shape index (κ2) is 9.58. The van der Waals surface area contributed by atoms with Gasteiger partial charge < -0.3 is 19.7 Å². The van der Waals surface area contributed by atoms with E-state index in [9.17, 15) is 9.59 Å². The molecule has 1 aromatic rings. The molecule has 1 heterocycles. The van der Waals surface area contributed by atoms with E-state index in [2.05, 4.69) is 15.0 Å². The fourth-order valence-corrected chi connectivity index (χ4v) is 3.49. The normalized spacial score (nSPS) is 15.1. The summed E-state index contributed by atoms with van der Waals surface area (Å²) in [7, 11) is 2.93. The van der Waals surface area contributed by atoms with Crippen molar-refractivity contribution in [1.82, 2.24) is 15.2 Å². The molecular formula is C16H25N3O4S. The number of esters is 1. The second-order valence-electron chi connectivity index (χ2n) is 5.82. The molecule has 1 aliphatic carbocycles. The van der Waals surface area contributed by atoms with Crippen molar-refractivity contribution in [2.45, 2.75) is 44.7 Å². The number of nitrogens with one attached hydrogen (secondary N) is 1. The summed E-state index contributed by atoms with van der Waals surface area (Å²) in [6, 6.07) is 0.145. The molecule has 1 fully saturated rings. The van der Waals surface area contributed by atoms with Crippen LogP contribution in [-0.4, -0.2) is 55.3 Å². The molecule has 134 valence electrons. The lowest BCUT2D eigenvalue weighted by Crippen LogP contribution is -2.46. The molecule has 0 spiro atoms. The maximum atomic E-state index is 12.6. The Labute approximate surface area is 146 Å². The molecule has 1 saturated carbocycles. The van der Waals surface area contributed by atoms with Gasteiger partial charge >= 0.3 is 12.0 Å². The van der Waals surface area contributed by atoms with Crippen LogP contribution >= 0.6 is 11.3 Å². The van der Waals surface area contributed by atoms with E-state index in [0.29, 0.717) is 24.7 Å². The molecule has 1 aliphatic rings. The van der Waals surface area contributed by atoms with Gasteiger partial charge in [-0.2, -0.15) is 0 Å². The van der Waals surface area contributed by atoms with Crippen LogP contribution < -0.4 is 5.32 Å². The van der Waals surface area contributed by atoms with E-state index < -0.39 is 5.97 Å². The standard InChI is InChI=1S/C16H25N3O4S/c1-22-9-8-19(16(21)17-12-6-4-3-5-7-12)10-14-18-13(11-24-14)15(20)23-2/h11-12H,3-10H2,1-2H3,(H,17,21). The lowest BCUT2D eigenvalue weighted by Gasteiger charge is -2.27. The highest BCUT2D eigenvalue weighted by Crippen LogP contribution is 2.18. The van der Waals surface area contributed by atoms with Crippen molar-refractivity contribution in [3.05, 3.63) is 16.1 Å². The van der Waals surface area contributed by atoms with Crippen LogP contribution in [0.2, 0.25) is 0 Å². The first-order valence-electron chi connectivity index (χ1n) is 8.21. The Bertz CT molecular complexity index is 543. The molecule has 0 atom stereocenters. The van der Waals surface area contributed by atoms with Gasteiger partial charge in [-0.3, -0.25) is 0 Å². The number of ether oxygens (including phenoxy) is 2. The summed E-state index contributed by atoms with van der Waals surface area (Å²) in [6.07, 6.45) is 5.65. The predicted octanol–water partition coefficient (Wildman–Crippen LogP) is 2.42. The third kappa shape index (κ3) is 5.45. The summed E-state index contributed by atoms with van der Waals surface area (Å²) in [6.45, 7) is 1.28. The molecule has 1 aromatic heterocycles. The lowest BCUT2D eigenvalue weighted by molar-refractivity contribution is 0.0594. The van der Waals surface area contributed by atoms with Crippen LogP contribution in [0.4, 0.5) is 4.79 Å². The van der Waals surface area contributed by atoms with Crippen molar-refractivity contribution in [3.8, 4) is 0 Å². The number of amides is 2. The number of hydrogen-bond donors (Lipinski definition) is 1. The van der Waals surface area contributed by atoms with E-state index in [-0.39, 0.29) is 17.8 Å². The van der Waals surface area contributed by atoms with Crippen LogP contribution in [0, 0.1) is 0 Å². The van der Waals surface area contributed by atoms with Gasteiger partial charge in [0.15, 0.2) is 5.69 Å². The van der Waals surface area contributed by atoms with E-state index in [4.69, 9.17) is 4.74 Å². The van der Waals surface area contributed by atoms with Gasteiger partial charge in [0, 0.05) is 25.1 Å². The SMILES string of the molecule is COCCN(Cc1nc(C(=O)OC)cs1)C(=O)NC1CCCCC1. The zero-order valence-corrected chi connectivity index (χ0v) is 15.1. The largest absolute Gasteiger partial charge is 0.464 e. The predicted molar refractivity (Wildman–Crippen MR) is 91.1 cm³/mol. The van der Waals surface area contributed by atoms with Crippen molar-refractivity contribution in [2.75, 3.05) is 27.4 Å². The van der Waals surface area contributed by atoms with Crippen LogP contribution in [0.1, 0.15) is 47.6 Å². The lowest BCUT2D eigenvalue weighted by atomic mass is 9.96. The van der Waals surface area contributed by atoms with Gasteiger partial charge in [0.05, 0.1) is 20.3 Å². The number of carbonyl (C=O) groups is 2. The third-order valence-corrected chi connectivity index (χ3v) is 4.89. The Kier molecular flexibility index (Phi) is 7.45. The summed E-state index contributed by atoms with van der Waals surface area (Å²) >= 11 is 1.34. The molecule has 0 saturated heterocycles. The highest BCUT2D eigenvalue weighted by molar-refractivity contribution is 7.09. The number of urea groups is 1. The topological polar surface area (TPSA) is 80.8 Å². The second-order valence-corrected chi connectivity index (χ2v) is 6.76. The Hall–Kier alpha value is -1.67. The van der Waals surface area contributed by atoms with E-state index in [1.54, 1.807) is 17.4 Å². The first kappa shape index (κ1) is 18.7. The van der Waals surface area contributed by atoms with Crippen molar-refractivity contribution < 1.29 is 19.1 Å². The van der Waals surface area contributed by atoms with Crippen molar-refractivity contribution in [2.24, 2.45) is 0 Å². The summed E-state index contributed by atoms with van der Waals surface area (Å²) in [5.41, 5.74) is 0.275. The van der Waals surface area contributed by atoms with Crippen LogP contribution in [-0.2, 0) is 16.0 Å². The summed E-state index contributed by atoms with van der Waals surface area (Å²) < 4.78 is 9.76. The van der Waals surface area contributed by atoms with E-state index in [0.717, 1.165) is 25.7 Å². The van der Waals surface area contributed by atoms with Gasteiger partial charge in [-0.1, -0.05) is 19.3 Å². The van der Waals surface area contributed by atoms with E-state index >= 15 is 0 Å². The maximum absolute atomic E-state index is 12.6. The maximum Gasteiger partial charge on any atom is 0.357 e. The third-order valence-electron chi connectivity index (χ3n) is 4.06. The molecule has 0 aromatic carbocycles. The fourth-order valence-electron chi connectivity index (χ4n) is 2.71. The minimum Gasteiger partial charge on any atom is -0.464 e. The molecule has 0 unspecified atom stereocenters. The average Bonchev–Trinajstić information content (AvgIpc) is 3.07. The fraction of sp³-hybridized carbons (Fsp3) is 0.688. The van der Waals surface area contributed by atoms with E-state index in [1.165, 1.54) is 24.9 Å². The molecule has 0 bridgehead atoms. The first-order chi connectivity index (χ1) is 11.6. The van der Waals surface area contributed by atoms with Crippen LogP contribution in [0.3, 0.4) is 0 Å². The van der Waals surface area contributed by atoms with Gasteiger partial charge in [-0.25, -0.2) is 14.6 Å². The van der Waals surface area contributed by atoms with Gasteiger partial charge in [0.1, 0.15) is 5.01 Å². The number of rotatable bonds is 7. The van der Waals surface area contributed by atoms with Gasteiger partial charge in [-0.05, 0) is 12.8 Å². The smallest absolute Gasteiger partial charge is 0.357 e. The van der Waals surface area contributed by atoms with Crippen LogP contribution in [0.5, 0.6) is 0 Å². The van der Waals surface area contributed by atoms with E-state index in [1.807, 2.05) is 0 Å². The Morgan fingerprint density at radius 2 is 2.08 bits per heavy atom. The molecule has 7 nitrogen and oxygen atoms in total. The number of hydrogen-bond acceptors (Lipinski definition) is 6. The van der Waals surface area contributed by atoms with Crippen LogP contribution in [0.15, 0.2) is 5.38 Å². The Morgan fingerprint density at radius 1 is 1.33 bits per heavy atom. The molecule has 2 amide bonds. The van der Waals surface area contributed by atoms with Gasteiger partial charge in [0.25, 0.3) is 0 Å². The average molecular weight is 355 g/mol. The quantitative estimate of drug-likeness (QED) is 0.760. The number of carbonyl (C=O) groups excluding carboxylic acids is 2. The summed E-state index contributed by atoms with van der Waals surface area (Å²) in [4.78, 5) is 30.0. The monoisotopic (exact) mass is 355 g/mol. The van der Waals surface area contributed by atoms with Crippen molar-refractivity contribution in [1.29, 1.82) is 0 Å². The summed E-state index contributed by atoms with van der Waals surface area (Å²) in [5, 5.41) is 5.45. The molecular weight excluding hydrogens is 330 g/mol. The molecule has 0 aliphatic heterocycles. The molecule has 2 rings (SSSR count). The number of aromatic nitrogens is 1. The molecule has 24 heavy (non-hydrogen) atoms. The highest BCUT2D eigenvalue weighted by atomic mass is 32.1.